The summed E-state index contributed by atoms with van der Waals surface area (Å²) in [5, 5.41) is 8.64. The maximum atomic E-state index is 8.64. The van der Waals surface area contributed by atoms with Crippen LogP contribution in [0.2, 0.25) is 0 Å². The van der Waals surface area contributed by atoms with E-state index in [1.165, 1.54) is 17.5 Å². The first-order valence-electron chi connectivity index (χ1n) is 4.68. The third kappa shape index (κ3) is 1.89. The third-order valence-electron chi connectivity index (χ3n) is 2.52. The van der Waals surface area contributed by atoms with E-state index in [1.54, 1.807) is 0 Å². The molecule has 1 aliphatic carbocycles. The summed E-state index contributed by atoms with van der Waals surface area (Å²) in [6.07, 6.45) is 1.23. The fourth-order valence-electron chi connectivity index (χ4n) is 1.80. The Labute approximate surface area is 83.2 Å². The lowest BCUT2D eigenvalue weighted by Crippen LogP contribution is -2.19. The van der Waals surface area contributed by atoms with E-state index >= 15 is 0 Å². The van der Waals surface area contributed by atoms with E-state index in [2.05, 4.69) is 24.3 Å². The van der Waals surface area contributed by atoms with Crippen LogP contribution in [0.1, 0.15) is 17.0 Å². The van der Waals surface area contributed by atoms with E-state index in [9.17, 15) is 0 Å². The van der Waals surface area contributed by atoms with Crippen molar-refractivity contribution in [1.29, 1.82) is 0 Å². The van der Waals surface area contributed by atoms with Gasteiger partial charge >= 0.3 is 0 Å². The first-order chi connectivity index (χ1) is 6.42. The van der Waals surface area contributed by atoms with Gasteiger partial charge in [-0.2, -0.15) is 11.8 Å². The predicted molar refractivity (Wildman–Crippen MR) is 57.3 cm³/mol. The number of benzene rings is 1. The highest BCUT2D eigenvalue weighted by molar-refractivity contribution is 7.99. The van der Waals surface area contributed by atoms with E-state index in [-0.39, 0.29) is 0 Å². The smallest absolute Gasteiger partial charge is 0.0521 e. The van der Waals surface area contributed by atoms with Crippen molar-refractivity contribution in [2.45, 2.75) is 12.3 Å². The van der Waals surface area contributed by atoms with Gasteiger partial charge in [-0.05, 0) is 23.5 Å². The summed E-state index contributed by atoms with van der Waals surface area (Å²) in [6.45, 7) is 0.305. The van der Waals surface area contributed by atoms with Crippen LogP contribution >= 0.6 is 11.8 Å². The second-order valence-corrected chi connectivity index (χ2v) is 4.55. The number of thioether (sulfide) groups is 1. The van der Waals surface area contributed by atoms with Crippen LogP contribution in [-0.2, 0) is 6.42 Å². The summed E-state index contributed by atoms with van der Waals surface area (Å²) < 4.78 is 0. The van der Waals surface area contributed by atoms with Gasteiger partial charge in [-0.1, -0.05) is 24.3 Å². The van der Waals surface area contributed by atoms with Gasteiger partial charge in [-0.15, -0.1) is 0 Å². The van der Waals surface area contributed by atoms with E-state index in [0.29, 0.717) is 6.61 Å². The normalized spacial score (nSPS) is 19.3. The van der Waals surface area contributed by atoms with Gasteiger partial charge in [0.2, 0.25) is 0 Å². The number of aliphatic hydroxyl groups excluding tert-OH is 1. The van der Waals surface area contributed by atoms with Gasteiger partial charge in [0.25, 0.3) is 0 Å². The first kappa shape index (κ1) is 9.10. The molecule has 1 atom stereocenters. The third-order valence-corrected chi connectivity index (χ3v) is 3.63. The molecule has 0 aliphatic heterocycles. The highest BCUT2D eigenvalue weighted by Crippen LogP contribution is 2.36. The molecule has 0 bridgehead atoms. The van der Waals surface area contributed by atoms with Gasteiger partial charge < -0.3 is 5.11 Å². The van der Waals surface area contributed by atoms with Crippen molar-refractivity contribution >= 4 is 11.8 Å². The molecule has 70 valence electrons. The van der Waals surface area contributed by atoms with E-state index in [0.717, 1.165) is 17.4 Å². The Kier molecular flexibility index (Phi) is 2.91. The molecular formula is C11H14OS. The zero-order valence-corrected chi connectivity index (χ0v) is 8.39. The molecule has 2 rings (SSSR count). The molecule has 1 unspecified atom stereocenters. The first-order valence-corrected chi connectivity index (χ1v) is 5.83. The van der Waals surface area contributed by atoms with E-state index < -0.39 is 0 Å². The van der Waals surface area contributed by atoms with Crippen LogP contribution in [-0.4, -0.2) is 23.2 Å². The Bertz CT molecular complexity index is 285. The average molecular weight is 194 g/mol. The zero-order valence-electron chi connectivity index (χ0n) is 7.57. The Hall–Kier alpha value is -0.470. The predicted octanol–water partition coefficient (Wildman–Crippen LogP) is 2.05. The summed E-state index contributed by atoms with van der Waals surface area (Å²) in [6, 6.07) is 8.66. The van der Waals surface area contributed by atoms with Gasteiger partial charge in [-0.3, -0.25) is 0 Å². The van der Waals surface area contributed by atoms with Crippen LogP contribution < -0.4 is 0 Å². The largest absolute Gasteiger partial charge is 0.396 e. The van der Waals surface area contributed by atoms with Gasteiger partial charge in [0.15, 0.2) is 0 Å². The van der Waals surface area contributed by atoms with Crippen molar-refractivity contribution in [1.82, 2.24) is 0 Å². The number of hydrogen-bond acceptors (Lipinski definition) is 2. The molecule has 1 aromatic carbocycles. The topological polar surface area (TPSA) is 20.2 Å². The average Bonchev–Trinajstić information content (AvgIpc) is 2.13. The van der Waals surface area contributed by atoms with Crippen molar-refractivity contribution in [2.75, 3.05) is 18.1 Å². The molecule has 0 aromatic heterocycles. The minimum Gasteiger partial charge on any atom is -0.396 e. The second-order valence-electron chi connectivity index (χ2n) is 3.40. The number of aliphatic hydroxyl groups is 1. The van der Waals surface area contributed by atoms with E-state index in [4.69, 9.17) is 5.11 Å². The standard InChI is InChI=1S/C11H14OS/c12-5-6-13-8-10-7-9-3-1-2-4-11(9)10/h1-4,10,12H,5-8H2. The molecule has 1 nitrogen and oxygen atoms in total. The molecule has 0 amide bonds. The number of fused-ring (bicyclic) bond motifs is 1. The summed E-state index contributed by atoms with van der Waals surface area (Å²) >= 11 is 1.85. The van der Waals surface area contributed by atoms with Crippen molar-refractivity contribution < 1.29 is 5.11 Å². The molecule has 2 heteroatoms. The summed E-state index contributed by atoms with van der Waals surface area (Å²) in [5.74, 6) is 2.78. The second kappa shape index (κ2) is 4.16. The molecule has 0 heterocycles. The highest BCUT2D eigenvalue weighted by Gasteiger charge is 2.24. The Morgan fingerprint density at radius 2 is 2.23 bits per heavy atom. The van der Waals surface area contributed by atoms with Crippen LogP contribution in [0.5, 0.6) is 0 Å². The van der Waals surface area contributed by atoms with Crippen LogP contribution in [0, 0.1) is 0 Å². The van der Waals surface area contributed by atoms with Crippen LogP contribution in [0.4, 0.5) is 0 Å². The molecule has 0 spiro atoms. The summed E-state index contributed by atoms with van der Waals surface area (Å²) in [5.41, 5.74) is 3.03. The van der Waals surface area contributed by atoms with Crippen LogP contribution in [0.3, 0.4) is 0 Å². The van der Waals surface area contributed by atoms with Crippen LogP contribution in [0.15, 0.2) is 24.3 Å². The maximum absolute atomic E-state index is 8.64. The Morgan fingerprint density at radius 1 is 1.38 bits per heavy atom. The maximum Gasteiger partial charge on any atom is 0.0521 e. The zero-order chi connectivity index (χ0) is 9.10. The van der Waals surface area contributed by atoms with Crippen molar-refractivity contribution in [3.05, 3.63) is 35.4 Å². The number of hydrogen-bond donors (Lipinski definition) is 1. The lowest BCUT2D eigenvalue weighted by Gasteiger charge is -2.29. The fraction of sp³-hybridized carbons (Fsp3) is 0.455. The molecule has 0 saturated carbocycles. The Balaban J connectivity index is 1.87. The summed E-state index contributed by atoms with van der Waals surface area (Å²) in [4.78, 5) is 0. The minimum absolute atomic E-state index is 0.305. The van der Waals surface area contributed by atoms with Crippen molar-refractivity contribution in [2.24, 2.45) is 0 Å². The van der Waals surface area contributed by atoms with Gasteiger partial charge in [-0.25, -0.2) is 0 Å². The number of rotatable bonds is 4. The van der Waals surface area contributed by atoms with Crippen LogP contribution in [0.25, 0.3) is 0 Å². The summed E-state index contributed by atoms with van der Waals surface area (Å²) in [7, 11) is 0. The molecule has 13 heavy (non-hydrogen) atoms. The highest BCUT2D eigenvalue weighted by atomic mass is 32.2. The molecule has 0 fully saturated rings. The molecular weight excluding hydrogens is 180 g/mol. The van der Waals surface area contributed by atoms with E-state index in [1.807, 2.05) is 11.8 Å². The quantitative estimate of drug-likeness (QED) is 0.740. The lowest BCUT2D eigenvalue weighted by atomic mass is 9.79. The van der Waals surface area contributed by atoms with Gasteiger partial charge in [0.05, 0.1) is 6.61 Å². The van der Waals surface area contributed by atoms with Gasteiger partial charge in [0, 0.05) is 11.5 Å². The van der Waals surface area contributed by atoms with Crippen molar-refractivity contribution in [3.8, 4) is 0 Å². The lowest BCUT2D eigenvalue weighted by molar-refractivity contribution is 0.322. The molecule has 1 aromatic rings. The molecule has 1 aliphatic rings. The molecule has 1 N–H and O–H groups in total. The Morgan fingerprint density at radius 3 is 3.00 bits per heavy atom. The minimum atomic E-state index is 0.305. The molecule has 0 radical (unpaired) electrons. The molecule has 0 saturated heterocycles. The monoisotopic (exact) mass is 194 g/mol. The fourth-order valence-corrected chi connectivity index (χ4v) is 2.68. The SMILES string of the molecule is OCCSCC1Cc2ccccc21. The van der Waals surface area contributed by atoms with Gasteiger partial charge in [0.1, 0.15) is 0 Å². The van der Waals surface area contributed by atoms with Crippen molar-refractivity contribution in [3.63, 3.8) is 0 Å².